The van der Waals surface area contributed by atoms with Gasteiger partial charge in [0.05, 0.1) is 5.41 Å². The van der Waals surface area contributed by atoms with E-state index in [9.17, 15) is 14.0 Å². The summed E-state index contributed by atoms with van der Waals surface area (Å²) in [6.45, 7) is 6.67. The van der Waals surface area contributed by atoms with Crippen LogP contribution in [0.5, 0.6) is 0 Å². The second-order valence-electron chi connectivity index (χ2n) is 6.97. The lowest BCUT2D eigenvalue weighted by Crippen LogP contribution is -2.55. The molecular formula is C18H24ClFN2O3. The molecule has 138 valence electrons. The summed E-state index contributed by atoms with van der Waals surface area (Å²) in [5.74, 6) is -0.552. The SMILES string of the molecule is COCC(=O)N1CC(CNC(=O)C(C)(C)c2ccc(Cl)c(C)c2F)C1. The molecule has 0 atom stereocenters. The molecule has 0 aliphatic carbocycles. The maximum atomic E-state index is 14.5. The number of methoxy groups -OCH3 is 1. The average molecular weight is 371 g/mol. The number of carbonyl (C=O) groups is 2. The van der Waals surface area contributed by atoms with Crippen molar-refractivity contribution in [3.05, 3.63) is 34.1 Å². The maximum absolute atomic E-state index is 14.5. The van der Waals surface area contributed by atoms with Crippen molar-refractivity contribution in [3.63, 3.8) is 0 Å². The molecule has 0 unspecified atom stereocenters. The Hall–Kier alpha value is -1.66. The van der Waals surface area contributed by atoms with Gasteiger partial charge in [0.1, 0.15) is 12.4 Å². The van der Waals surface area contributed by atoms with Gasteiger partial charge in [0.15, 0.2) is 0 Å². The first kappa shape index (κ1) is 19.7. The summed E-state index contributed by atoms with van der Waals surface area (Å²) in [5.41, 5.74) is -0.363. The molecule has 1 aliphatic rings. The number of carbonyl (C=O) groups excluding carboxylic acids is 2. The quantitative estimate of drug-likeness (QED) is 0.835. The van der Waals surface area contributed by atoms with Gasteiger partial charge in [-0.15, -0.1) is 0 Å². The highest BCUT2D eigenvalue weighted by molar-refractivity contribution is 6.31. The number of amides is 2. The molecule has 1 saturated heterocycles. The lowest BCUT2D eigenvalue weighted by atomic mass is 9.82. The minimum atomic E-state index is -1.02. The average Bonchev–Trinajstić information content (AvgIpc) is 2.50. The van der Waals surface area contributed by atoms with Crippen LogP contribution in [-0.4, -0.2) is 50.1 Å². The third-order valence-corrected chi connectivity index (χ3v) is 5.10. The van der Waals surface area contributed by atoms with Crippen LogP contribution >= 0.6 is 11.6 Å². The second kappa shape index (κ2) is 7.70. The largest absolute Gasteiger partial charge is 0.375 e. The van der Waals surface area contributed by atoms with Gasteiger partial charge in [0, 0.05) is 48.8 Å². The van der Waals surface area contributed by atoms with Gasteiger partial charge < -0.3 is 15.0 Å². The zero-order valence-electron chi connectivity index (χ0n) is 15.0. The van der Waals surface area contributed by atoms with E-state index in [1.807, 2.05) is 0 Å². The van der Waals surface area contributed by atoms with Crippen LogP contribution in [0.15, 0.2) is 12.1 Å². The van der Waals surface area contributed by atoms with E-state index in [0.29, 0.717) is 35.8 Å². The van der Waals surface area contributed by atoms with Gasteiger partial charge >= 0.3 is 0 Å². The van der Waals surface area contributed by atoms with Crippen molar-refractivity contribution >= 4 is 23.4 Å². The molecule has 1 N–H and O–H groups in total. The third-order valence-electron chi connectivity index (χ3n) is 4.69. The first-order chi connectivity index (χ1) is 11.7. The van der Waals surface area contributed by atoms with Crippen molar-refractivity contribution in [1.29, 1.82) is 0 Å². The molecule has 0 spiro atoms. The number of hydrogen-bond donors (Lipinski definition) is 1. The number of ether oxygens (including phenoxy) is 1. The van der Waals surface area contributed by atoms with Crippen LogP contribution in [0.4, 0.5) is 4.39 Å². The van der Waals surface area contributed by atoms with Gasteiger partial charge in [0.2, 0.25) is 11.8 Å². The summed E-state index contributed by atoms with van der Waals surface area (Å²) < 4.78 is 19.3. The molecule has 25 heavy (non-hydrogen) atoms. The number of nitrogens with one attached hydrogen (secondary N) is 1. The standard InChI is InChI=1S/C18H24ClFN2O3/c1-11-14(19)6-5-13(16(11)20)18(2,3)17(24)21-7-12-8-22(9-12)15(23)10-25-4/h5-6,12H,7-10H2,1-4H3,(H,21,24). The molecule has 5 nitrogen and oxygen atoms in total. The Morgan fingerprint density at radius 3 is 2.64 bits per heavy atom. The monoisotopic (exact) mass is 370 g/mol. The molecule has 0 radical (unpaired) electrons. The highest BCUT2D eigenvalue weighted by atomic mass is 35.5. The molecule has 1 heterocycles. The number of rotatable bonds is 6. The lowest BCUT2D eigenvalue weighted by molar-refractivity contribution is -0.141. The number of benzene rings is 1. The first-order valence-corrected chi connectivity index (χ1v) is 8.56. The fourth-order valence-corrected chi connectivity index (χ4v) is 2.99. The number of halogens is 2. The van der Waals surface area contributed by atoms with Gasteiger partial charge in [-0.3, -0.25) is 9.59 Å². The van der Waals surface area contributed by atoms with Crippen LogP contribution in [0.25, 0.3) is 0 Å². The van der Waals surface area contributed by atoms with E-state index in [-0.39, 0.29) is 24.3 Å². The maximum Gasteiger partial charge on any atom is 0.248 e. The van der Waals surface area contributed by atoms with Crippen LogP contribution in [0.2, 0.25) is 5.02 Å². The minimum Gasteiger partial charge on any atom is -0.375 e. The molecule has 0 saturated carbocycles. The van der Waals surface area contributed by atoms with E-state index < -0.39 is 11.2 Å². The molecule has 1 aliphatic heterocycles. The van der Waals surface area contributed by atoms with E-state index in [0.717, 1.165) is 0 Å². The smallest absolute Gasteiger partial charge is 0.248 e. The molecule has 1 fully saturated rings. The Morgan fingerprint density at radius 1 is 1.40 bits per heavy atom. The summed E-state index contributed by atoms with van der Waals surface area (Å²) in [7, 11) is 1.48. The van der Waals surface area contributed by atoms with Gasteiger partial charge in [-0.2, -0.15) is 0 Å². The fraction of sp³-hybridized carbons (Fsp3) is 0.556. The lowest BCUT2D eigenvalue weighted by Gasteiger charge is -2.39. The first-order valence-electron chi connectivity index (χ1n) is 8.18. The molecule has 7 heteroatoms. The fourth-order valence-electron chi connectivity index (χ4n) is 2.84. The summed E-state index contributed by atoms with van der Waals surface area (Å²) in [6.07, 6.45) is 0. The Bertz CT molecular complexity index is 673. The Balaban J connectivity index is 1.93. The molecule has 2 rings (SSSR count). The predicted octanol–water partition coefficient (Wildman–Crippen LogP) is 2.29. The van der Waals surface area contributed by atoms with Crippen LogP contribution in [0.1, 0.15) is 25.0 Å². The van der Waals surface area contributed by atoms with Crippen molar-refractivity contribution < 1.29 is 18.7 Å². The number of likely N-dealkylation sites (tertiary alicyclic amines) is 1. The molecule has 0 aromatic heterocycles. The van der Waals surface area contributed by atoms with Crippen molar-refractivity contribution in [3.8, 4) is 0 Å². The summed E-state index contributed by atoms with van der Waals surface area (Å²) in [4.78, 5) is 25.9. The number of nitrogens with zero attached hydrogens (tertiary/aromatic N) is 1. The topological polar surface area (TPSA) is 58.6 Å². The van der Waals surface area contributed by atoms with Crippen molar-refractivity contribution in [2.24, 2.45) is 5.92 Å². The Kier molecular flexibility index (Phi) is 6.06. The Labute approximate surface area is 152 Å². The highest BCUT2D eigenvalue weighted by Crippen LogP contribution is 2.31. The minimum absolute atomic E-state index is 0.0517. The van der Waals surface area contributed by atoms with Crippen molar-refractivity contribution in [2.45, 2.75) is 26.2 Å². The molecule has 1 aromatic carbocycles. The van der Waals surface area contributed by atoms with E-state index >= 15 is 0 Å². The summed E-state index contributed by atoms with van der Waals surface area (Å²) in [5, 5.41) is 3.21. The number of hydrogen-bond acceptors (Lipinski definition) is 3. The summed E-state index contributed by atoms with van der Waals surface area (Å²) in [6, 6.07) is 3.16. The highest BCUT2D eigenvalue weighted by Gasteiger charge is 2.35. The van der Waals surface area contributed by atoms with Crippen LogP contribution < -0.4 is 5.32 Å². The molecule has 0 bridgehead atoms. The predicted molar refractivity (Wildman–Crippen MR) is 94.1 cm³/mol. The zero-order chi connectivity index (χ0) is 18.8. The van der Waals surface area contributed by atoms with Crippen LogP contribution in [-0.2, 0) is 19.7 Å². The van der Waals surface area contributed by atoms with Crippen LogP contribution in [0, 0.1) is 18.7 Å². The zero-order valence-corrected chi connectivity index (χ0v) is 15.7. The van der Waals surface area contributed by atoms with Crippen LogP contribution in [0.3, 0.4) is 0 Å². The van der Waals surface area contributed by atoms with Gasteiger partial charge in [-0.1, -0.05) is 17.7 Å². The van der Waals surface area contributed by atoms with E-state index in [1.165, 1.54) is 7.11 Å². The van der Waals surface area contributed by atoms with E-state index in [1.54, 1.807) is 37.8 Å². The summed E-state index contributed by atoms with van der Waals surface area (Å²) >= 11 is 5.92. The van der Waals surface area contributed by atoms with Crippen molar-refractivity contribution in [2.75, 3.05) is 33.4 Å². The van der Waals surface area contributed by atoms with Crippen molar-refractivity contribution in [1.82, 2.24) is 10.2 Å². The van der Waals surface area contributed by atoms with E-state index in [2.05, 4.69) is 5.32 Å². The third kappa shape index (κ3) is 4.12. The van der Waals surface area contributed by atoms with Gasteiger partial charge in [0.25, 0.3) is 0 Å². The Morgan fingerprint density at radius 2 is 2.04 bits per heavy atom. The second-order valence-corrected chi connectivity index (χ2v) is 7.37. The van der Waals surface area contributed by atoms with Gasteiger partial charge in [-0.05, 0) is 26.8 Å². The molecule has 2 amide bonds. The van der Waals surface area contributed by atoms with E-state index in [4.69, 9.17) is 16.3 Å². The normalized spacial score (nSPS) is 15.0. The molecular weight excluding hydrogens is 347 g/mol. The van der Waals surface area contributed by atoms with Gasteiger partial charge in [-0.25, -0.2) is 4.39 Å². The molecule has 1 aromatic rings.